The second-order valence-corrected chi connectivity index (χ2v) is 13.9. The number of nitrogens with zero attached hydrogens (tertiary/aromatic N) is 2. The molecule has 1 aliphatic rings. The Morgan fingerprint density at radius 1 is 1.11 bits per heavy atom. The first-order chi connectivity index (χ1) is 22.0. The molecule has 0 saturated carbocycles. The highest BCUT2D eigenvalue weighted by atomic mass is 127. The molecule has 1 atom stereocenters. The van der Waals surface area contributed by atoms with Crippen LogP contribution in [0.2, 0.25) is 0 Å². The van der Waals surface area contributed by atoms with E-state index in [-0.39, 0.29) is 36.3 Å². The SMILES string of the molecule is CCOC(=O)C1=C(C)N=c2s/c(=C\c3cc(I)c(OCc4cccc(F)c4)c(I)c3)c(=O)n2[C@H]1c1ccc(OC(C)C)c(OC)c1. The predicted molar refractivity (Wildman–Crippen MR) is 192 cm³/mol. The van der Waals surface area contributed by atoms with Crippen LogP contribution in [0.3, 0.4) is 0 Å². The van der Waals surface area contributed by atoms with E-state index in [1.807, 2.05) is 44.2 Å². The third-order valence-electron chi connectivity index (χ3n) is 6.97. The molecule has 240 valence electrons. The summed E-state index contributed by atoms with van der Waals surface area (Å²) in [6, 6.07) is 14.7. The summed E-state index contributed by atoms with van der Waals surface area (Å²) in [6.45, 7) is 7.73. The van der Waals surface area contributed by atoms with E-state index in [0.717, 1.165) is 18.3 Å². The fourth-order valence-electron chi connectivity index (χ4n) is 5.05. The van der Waals surface area contributed by atoms with Gasteiger partial charge in [0.25, 0.3) is 5.56 Å². The molecule has 0 N–H and O–H groups in total. The molecule has 0 radical (unpaired) electrons. The Hall–Kier alpha value is -3.24. The summed E-state index contributed by atoms with van der Waals surface area (Å²) in [5.74, 6) is 0.861. The number of rotatable bonds is 10. The summed E-state index contributed by atoms with van der Waals surface area (Å²) >= 11 is 5.63. The van der Waals surface area contributed by atoms with E-state index in [9.17, 15) is 14.0 Å². The third kappa shape index (κ3) is 7.33. The molecule has 2 heterocycles. The number of allylic oxidation sites excluding steroid dienone is 1. The molecule has 1 aromatic heterocycles. The maximum absolute atomic E-state index is 14.1. The minimum atomic E-state index is -0.793. The van der Waals surface area contributed by atoms with Crippen LogP contribution >= 0.6 is 56.5 Å². The lowest BCUT2D eigenvalue weighted by atomic mass is 9.95. The summed E-state index contributed by atoms with van der Waals surface area (Å²) in [7, 11) is 1.55. The van der Waals surface area contributed by atoms with Gasteiger partial charge in [-0.1, -0.05) is 29.5 Å². The molecular weight excluding hydrogens is 837 g/mol. The van der Waals surface area contributed by atoms with Crippen molar-refractivity contribution < 1.29 is 28.1 Å². The zero-order valence-electron chi connectivity index (χ0n) is 25.7. The smallest absolute Gasteiger partial charge is 0.338 e. The fraction of sp³-hybridized carbons (Fsp3) is 0.265. The normalized spacial score (nSPS) is 14.6. The van der Waals surface area contributed by atoms with Crippen LogP contribution in [0, 0.1) is 13.0 Å². The Morgan fingerprint density at radius 2 is 1.85 bits per heavy atom. The lowest BCUT2D eigenvalue weighted by molar-refractivity contribution is -0.139. The number of thiazole rings is 1. The molecule has 0 unspecified atom stereocenters. The number of carbonyl (C=O) groups excluding carboxylic acids is 1. The Morgan fingerprint density at radius 3 is 2.50 bits per heavy atom. The van der Waals surface area contributed by atoms with Gasteiger partial charge in [0.05, 0.1) is 48.8 Å². The molecule has 5 rings (SSSR count). The van der Waals surface area contributed by atoms with Crippen molar-refractivity contribution in [1.82, 2.24) is 4.57 Å². The highest BCUT2D eigenvalue weighted by Gasteiger charge is 2.34. The molecule has 0 saturated heterocycles. The van der Waals surface area contributed by atoms with Gasteiger partial charge in [-0.3, -0.25) is 9.36 Å². The van der Waals surface area contributed by atoms with Gasteiger partial charge in [0, 0.05) is 0 Å². The average molecular weight is 869 g/mol. The number of carbonyl (C=O) groups is 1. The first-order valence-corrected chi connectivity index (χ1v) is 17.4. The van der Waals surface area contributed by atoms with E-state index in [1.165, 1.54) is 23.5 Å². The summed E-state index contributed by atoms with van der Waals surface area (Å²) in [5, 5.41) is 0. The Labute approximate surface area is 296 Å². The van der Waals surface area contributed by atoms with Crippen LogP contribution in [-0.2, 0) is 16.1 Å². The minimum Gasteiger partial charge on any atom is -0.493 e. The summed E-state index contributed by atoms with van der Waals surface area (Å²) in [5.41, 5.74) is 2.64. The molecular formula is C34H31FI2N2O6S. The Bertz CT molecular complexity index is 2000. The maximum Gasteiger partial charge on any atom is 0.338 e. The standard InChI is InChI=1S/C34H31FI2N2O6S/c1-6-43-33(41)29-19(4)38-34-39(30(29)22-10-11-26(45-18(2)3)27(16-22)42-5)32(40)28(46-34)15-21-13-24(36)31(25(37)14-21)44-17-20-8-7-9-23(35)12-20/h7-16,18,30H,6,17H2,1-5H3/b28-15-/t30-/m0/s1. The lowest BCUT2D eigenvalue weighted by Crippen LogP contribution is -2.40. The molecule has 0 fully saturated rings. The van der Waals surface area contributed by atoms with Crippen LogP contribution in [-0.4, -0.2) is 30.4 Å². The molecule has 4 aromatic rings. The number of halogens is 3. The second-order valence-electron chi connectivity index (χ2n) is 10.6. The Kier molecular flexibility index (Phi) is 10.9. The van der Waals surface area contributed by atoms with Crippen LogP contribution in [0.15, 0.2) is 75.7 Å². The van der Waals surface area contributed by atoms with E-state index in [2.05, 4.69) is 50.2 Å². The molecule has 0 bridgehead atoms. The average Bonchev–Trinajstić information content (AvgIpc) is 3.29. The number of ether oxygens (including phenoxy) is 4. The van der Waals surface area contributed by atoms with Crippen molar-refractivity contribution in [3.8, 4) is 17.2 Å². The molecule has 0 spiro atoms. The highest BCUT2D eigenvalue weighted by Crippen LogP contribution is 2.37. The third-order valence-corrected chi connectivity index (χ3v) is 9.56. The van der Waals surface area contributed by atoms with E-state index in [1.54, 1.807) is 43.7 Å². The predicted octanol–water partition coefficient (Wildman–Crippen LogP) is 6.52. The zero-order valence-corrected chi connectivity index (χ0v) is 30.9. The molecule has 46 heavy (non-hydrogen) atoms. The summed E-state index contributed by atoms with van der Waals surface area (Å²) in [6.07, 6.45) is 1.74. The van der Waals surface area contributed by atoms with Crippen molar-refractivity contribution in [2.45, 2.75) is 46.4 Å². The monoisotopic (exact) mass is 868 g/mol. The second kappa shape index (κ2) is 14.7. The summed E-state index contributed by atoms with van der Waals surface area (Å²) in [4.78, 5) is 32.6. The number of methoxy groups -OCH3 is 1. The van der Waals surface area contributed by atoms with Crippen molar-refractivity contribution >= 4 is 68.6 Å². The maximum atomic E-state index is 14.1. The largest absolute Gasteiger partial charge is 0.493 e. The van der Waals surface area contributed by atoms with Crippen LogP contribution in [0.4, 0.5) is 4.39 Å². The first kappa shape index (κ1) is 34.1. The van der Waals surface area contributed by atoms with Gasteiger partial charge >= 0.3 is 5.97 Å². The van der Waals surface area contributed by atoms with E-state index in [4.69, 9.17) is 18.9 Å². The van der Waals surface area contributed by atoms with Crippen LogP contribution in [0.25, 0.3) is 6.08 Å². The molecule has 3 aromatic carbocycles. The van der Waals surface area contributed by atoms with Gasteiger partial charge in [0.15, 0.2) is 16.3 Å². The van der Waals surface area contributed by atoms with Crippen LogP contribution in [0.1, 0.15) is 50.4 Å². The van der Waals surface area contributed by atoms with Crippen molar-refractivity contribution in [3.63, 3.8) is 0 Å². The molecule has 12 heteroatoms. The van der Waals surface area contributed by atoms with Crippen molar-refractivity contribution in [2.24, 2.45) is 4.99 Å². The Balaban J connectivity index is 1.58. The molecule has 8 nitrogen and oxygen atoms in total. The molecule has 0 aliphatic carbocycles. The highest BCUT2D eigenvalue weighted by molar-refractivity contribution is 14.1. The van der Waals surface area contributed by atoms with Gasteiger partial charge in [-0.15, -0.1) is 0 Å². The van der Waals surface area contributed by atoms with Crippen molar-refractivity contribution in [3.05, 3.63) is 115 Å². The topological polar surface area (TPSA) is 88.4 Å². The zero-order chi connectivity index (χ0) is 33.1. The van der Waals surface area contributed by atoms with Gasteiger partial charge < -0.3 is 18.9 Å². The molecule has 1 aliphatic heterocycles. The lowest BCUT2D eigenvalue weighted by Gasteiger charge is -2.25. The van der Waals surface area contributed by atoms with E-state index in [0.29, 0.717) is 37.8 Å². The number of aromatic nitrogens is 1. The van der Waals surface area contributed by atoms with Crippen molar-refractivity contribution in [1.29, 1.82) is 0 Å². The van der Waals surface area contributed by atoms with Crippen LogP contribution < -0.4 is 29.1 Å². The number of hydrogen-bond donors (Lipinski definition) is 0. The fourth-order valence-corrected chi connectivity index (χ4v) is 8.22. The van der Waals surface area contributed by atoms with Gasteiger partial charge in [-0.05, 0) is 132 Å². The number of hydrogen-bond acceptors (Lipinski definition) is 8. The van der Waals surface area contributed by atoms with E-state index >= 15 is 0 Å². The van der Waals surface area contributed by atoms with Gasteiger partial charge in [0.2, 0.25) is 0 Å². The minimum absolute atomic E-state index is 0.0742. The summed E-state index contributed by atoms with van der Waals surface area (Å²) < 4.78 is 40.3. The van der Waals surface area contributed by atoms with Gasteiger partial charge in [-0.25, -0.2) is 14.2 Å². The molecule has 0 amide bonds. The van der Waals surface area contributed by atoms with Gasteiger partial charge in [-0.2, -0.15) is 0 Å². The first-order valence-electron chi connectivity index (χ1n) is 14.4. The van der Waals surface area contributed by atoms with Crippen LogP contribution in [0.5, 0.6) is 17.2 Å². The van der Waals surface area contributed by atoms with Gasteiger partial charge in [0.1, 0.15) is 18.2 Å². The number of fused-ring (bicyclic) bond motifs is 1. The van der Waals surface area contributed by atoms with E-state index < -0.39 is 12.0 Å². The van der Waals surface area contributed by atoms with Crippen molar-refractivity contribution in [2.75, 3.05) is 13.7 Å². The number of esters is 1. The quantitative estimate of drug-likeness (QED) is 0.133. The number of benzene rings is 3.